The lowest BCUT2D eigenvalue weighted by atomic mass is 9.71. The fourth-order valence-electron chi connectivity index (χ4n) is 4.21. The molecule has 2 aliphatic carbocycles. The first-order valence-electron chi connectivity index (χ1n) is 6.95. The summed E-state index contributed by atoms with van der Waals surface area (Å²) in [6.07, 6.45) is 6.93. The Hall–Kier alpha value is -0.500. The van der Waals surface area contributed by atoms with Gasteiger partial charge in [-0.15, -0.1) is 0 Å². The van der Waals surface area contributed by atoms with Crippen LogP contribution in [0.5, 0.6) is 5.75 Å². The highest BCUT2D eigenvalue weighted by molar-refractivity contribution is 9.09. The van der Waals surface area contributed by atoms with Gasteiger partial charge in [0.1, 0.15) is 5.75 Å². The summed E-state index contributed by atoms with van der Waals surface area (Å²) in [5.74, 6) is 2.97. The number of halogens is 1. The lowest BCUT2D eigenvalue weighted by molar-refractivity contribution is 0.195. The van der Waals surface area contributed by atoms with E-state index >= 15 is 0 Å². The fourth-order valence-corrected chi connectivity index (χ4v) is 5.10. The van der Waals surface area contributed by atoms with E-state index in [0.29, 0.717) is 5.41 Å². The molecular formula is C16H21BrO. The Balaban J connectivity index is 1.86. The highest BCUT2D eigenvalue weighted by Gasteiger charge is 2.50. The second kappa shape index (κ2) is 4.88. The van der Waals surface area contributed by atoms with Crippen LogP contribution in [-0.2, 0) is 6.42 Å². The van der Waals surface area contributed by atoms with Gasteiger partial charge in [-0.2, -0.15) is 0 Å². The first-order chi connectivity index (χ1) is 8.77. The van der Waals surface area contributed by atoms with Gasteiger partial charge in [0, 0.05) is 5.33 Å². The van der Waals surface area contributed by atoms with Crippen molar-refractivity contribution in [1.82, 2.24) is 0 Å². The second-order valence-electron chi connectivity index (χ2n) is 6.06. The van der Waals surface area contributed by atoms with E-state index in [1.54, 1.807) is 7.11 Å². The molecule has 2 heteroatoms. The molecule has 2 aliphatic rings. The number of hydrogen-bond donors (Lipinski definition) is 0. The Labute approximate surface area is 118 Å². The average Bonchev–Trinajstić information content (AvgIpc) is 3.00. The normalized spacial score (nSPS) is 33.9. The Kier molecular flexibility index (Phi) is 3.40. The molecule has 0 saturated heterocycles. The minimum atomic E-state index is 0.484. The van der Waals surface area contributed by atoms with Crippen LogP contribution >= 0.6 is 15.9 Å². The maximum atomic E-state index is 5.51. The lowest BCUT2D eigenvalue weighted by Crippen LogP contribution is -2.32. The monoisotopic (exact) mass is 308 g/mol. The van der Waals surface area contributed by atoms with Crippen LogP contribution in [0, 0.1) is 17.3 Å². The van der Waals surface area contributed by atoms with Gasteiger partial charge in [-0.05, 0) is 54.6 Å². The summed E-state index contributed by atoms with van der Waals surface area (Å²) >= 11 is 3.80. The van der Waals surface area contributed by atoms with Crippen LogP contribution in [-0.4, -0.2) is 12.4 Å². The van der Waals surface area contributed by atoms with E-state index in [1.807, 2.05) is 0 Å². The van der Waals surface area contributed by atoms with E-state index in [2.05, 4.69) is 40.2 Å². The van der Waals surface area contributed by atoms with Crippen molar-refractivity contribution >= 4 is 15.9 Å². The van der Waals surface area contributed by atoms with Gasteiger partial charge in [-0.25, -0.2) is 0 Å². The molecule has 3 rings (SSSR count). The number of fused-ring (bicyclic) bond motifs is 2. The minimum Gasteiger partial charge on any atom is -0.496 e. The summed E-state index contributed by atoms with van der Waals surface area (Å²) in [4.78, 5) is 0. The van der Waals surface area contributed by atoms with E-state index < -0.39 is 0 Å². The number of hydrogen-bond acceptors (Lipinski definition) is 1. The van der Waals surface area contributed by atoms with E-state index in [0.717, 1.165) is 22.9 Å². The third kappa shape index (κ3) is 1.99. The van der Waals surface area contributed by atoms with Crippen LogP contribution in [0.25, 0.3) is 0 Å². The molecule has 2 fully saturated rings. The SMILES string of the molecule is COc1ccccc1CC1(CBr)CC2CCC1C2. The van der Waals surface area contributed by atoms with Gasteiger partial charge in [0.05, 0.1) is 7.11 Å². The number of rotatable bonds is 4. The van der Waals surface area contributed by atoms with Crippen LogP contribution in [0.2, 0.25) is 0 Å². The Bertz CT molecular complexity index is 431. The van der Waals surface area contributed by atoms with Crippen LogP contribution in [0.15, 0.2) is 24.3 Å². The molecule has 0 amide bonds. The van der Waals surface area contributed by atoms with Crippen molar-refractivity contribution in [3.8, 4) is 5.75 Å². The zero-order valence-corrected chi connectivity index (χ0v) is 12.6. The van der Waals surface area contributed by atoms with Gasteiger partial charge in [-0.3, -0.25) is 0 Å². The molecule has 0 heterocycles. The molecule has 0 aliphatic heterocycles. The number of ether oxygens (including phenoxy) is 1. The van der Waals surface area contributed by atoms with Crippen LogP contribution in [0.4, 0.5) is 0 Å². The molecule has 0 radical (unpaired) electrons. The van der Waals surface area contributed by atoms with Crippen LogP contribution in [0.3, 0.4) is 0 Å². The summed E-state index contributed by atoms with van der Waals surface area (Å²) in [7, 11) is 1.78. The van der Waals surface area contributed by atoms with Crippen molar-refractivity contribution in [1.29, 1.82) is 0 Å². The smallest absolute Gasteiger partial charge is 0.122 e. The molecular weight excluding hydrogens is 288 g/mol. The number of para-hydroxylation sites is 1. The Morgan fingerprint density at radius 1 is 1.33 bits per heavy atom. The molecule has 18 heavy (non-hydrogen) atoms. The highest BCUT2D eigenvalue weighted by atomic mass is 79.9. The third-order valence-corrected chi connectivity index (χ3v) is 6.22. The van der Waals surface area contributed by atoms with E-state index in [4.69, 9.17) is 4.74 Å². The molecule has 3 unspecified atom stereocenters. The molecule has 0 aromatic heterocycles. The Morgan fingerprint density at radius 2 is 2.17 bits per heavy atom. The van der Waals surface area contributed by atoms with Crippen molar-refractivity contribution in [3.63, 3.8) is 0 Å². The largest absolute Gasteiger partial charge is 0.496 e. The Morgan fingerprint density at radius 3 is 2.78 bits per heavy atom. The van der Waals surface area contributed by atoms with Crippen molar-refractivity contribution in [2.75, 3.05) is 12.4 Å². The predicted molar refractivity (Wildman–Crippen MR) is 78.4 cm³/mol. The van der Waals surface area contributed by atoms with Gasteiger partial charge >= 0.3 is 0 Å². The number of methoxy groups -OCH3 is 1. The zero-order valence-electron chi connectivity index (χ0n) is 11.0. The van der Waals surface area contributed by atoms with E-state index in [9.17, 15) is 0 Å². The molecule has 2 saturated carbocycles. The summed E-state index contributed by atoms with van der Waals surface area (Å²) in [6.45, 7) is 0. The lowest BCUT2D eigenvalue weighted by Gasteiger charge is -2.36. The maximum Gasteiger partial charge on any atom is 0.122 e. The first kappa shape index (κ1) is 12.5. The molecule has 98 valence electrons. The standard InChI is InChI=1S/C16H21BrO/c1-18-15-5-3-2-4-13(15)10-16(11-17)9-12-6-7-14(16)8-12/h2-5,12,14H,6-11H2,1H3. The van der Waals surface area contributed by atoms with E-state index in [1.165, 1.54) is 37.7 Å². The summed E-state index contributed by atoms with van der Waals surface area (Å²) < 4.78 is 5.51. The van der Waals surface area contributed by atoms with Crippen LogP contribution in [0.1, 0.15) is 31.2 Å². The summed E-state index contributed by atoms with van der Waals surface area (Å²) in [6, 6.07) is 8.51. The van der Waals surface area contributed by atoms with Gasteiger partial charge in [0.25, 0.3) is 0 Å². The van der Waals surface area contributed by atoms with E-state index in [-0.39, 0.29) is 0 Å². The number of alkyl halides is 1. The number of benzene rings is 1. The van der Waals surface area contributed by atoms with Gasteiger partial charge in [0.15, 0.2) is 0 Å². The molecule has 2 bridgehead atoms. The molecule has 1 nitrogen and oxygen atoms in total. The molecule has 1 aromatic rings. The van der Waals surface area contributed by atoms with Crippen molar-refractivity contribution < 1.29 is 4.74 Å². The third-order valence-electron chi connectivity index (χ3n) is 5.10. The second-order valence-corrected chi connectivity index (χ2v) is 6.63. The van der Waals surface area contributed by atoms with Gasteiger partial charge in [0.2, 0.25) is 0 Å². The van der Waals surface area contributed by atoms with Gasteiger partial charge in [-0.1, -0.05) is 40.5 Å². The molecule has 1 aromatic carbocycles. The van der Waals surface area contributed by atoms with Crippen LogP contribution < -0.4 is 4.74 Å². The maximum absolute atomic E-state index is 5.51. The average molecular weight is 309 g/mol. The molecule has 0 N–H and O–H groups in total. The topological polar surface area (TPSA) is 9.23 Å². The van der Waals surface area contributed by atoms with Crippen molar-refractivity contribution in [2.45, 2.75) is 32.1 Å². The molecule has 0 spiro atoms. The summed E-state index contributed by atoms with van der Waals surface area (Å²) in [5, 5.41) is 1.14. The van der Waals surface area contributed by atoms with Crippen molar-refractivity contribution in [3.05, 3.63) is 29.8 Å². The predicted octanol–water partition coefficient (Wildman–Crippen LogP) is 4.44. The minimum absolute atomic E-state index is 0.484. The highest BCUT2D eigenvalue weighted by Crippen LogP contribution is 2.58. The van der Waals surface area contributed by atoms with Crippen molar-refractivity contribution in [2.24, 2.45) is 17.3 Å². The zero-order chi connectivity index (χ0) is 12.6. The summed E-state index contributed by atoms with van der Waals surface area (Å²) in [5.41, 5.74) is 1.87. The van der Waals surface area contributed by atoms with Gasteiger partial charge < -0.3 is 4.74 Å². The first-order valence-corrected chi connectivity index (χ1v) is 8.07. The quantitative estimate of drug-likeness (QED) is 0.747. The molecule has 3 atom stereocenters. The fraction of sp³-hybridized carbons (Fsp3) is 0.625.